The van der Waals surface area contributed by atoms with Gasteiger partial charge in [-0.1, -0.05) is 0 Å². The third kappa shape index (κ3) is 8.23. The molecule has 234 valence electrons. The van der Waals surface area contributed by atoms with Crippen LogP contribution in [-0.4, -0.2) is 80.5 Å². The highest BCUT2D eigenvalue weighted by atomic mass is 16.5. The van der Waals surface area contributed by atoms with Gasteiger partial charge in [-0.3, -0.25) is 24.2 Å². The van der Waals surface area contributed by atoms with Crippen molar-refractivity contribution < 1.29 is 14.3 Å². The van der Waals surface area contributed by atoms with Crippen LogP contribution >= 0.6 is 0 Å². The molecule has 0 atom stereocenters. The maximum Gasteiger partial charge on any atom is 0.224 e. The van der Waals surface area contributed by atoms with Gasteiger partial charge < -0.3 is 25.4 Å². The quantitative estimate of drug-likeness (QED) is 0.164. The lowest BCUT2D eigenvalue weighted by molar-refractivity contribution is -0.132. The molecule has 5 heterocycles. The van der Waals surface area contributed by atoms with Crippen LogP contribution in [0.4, 0.5) is 0 Å². The average Bonchev–Trinajstić information content (AvgIpc) is 3.77. The molecule has 6 rings (SSSR count). The Balaban J connectivity index is 0.000000158. The lowest BCUT2D eigenvalue weighted by Crippen LogP contribution is -2.38. The summed E-state index contributed by atoms with van der Waals surface area (Å²) >= 11 is 0. The first-order valence-corrected chi connectivity index (χ1v) is 14.7. The fraction of sp³-hybridized carbons (Fsp3) is 0.375. The van der Waals surface area contributed by atoms with E-state index in [9.17, 15) is 9.59 Å². The number of aryl methyl sites for hydroxylation is 1. The second-order valence-corrected chi connectivity index (χ2v) is 10.9. The van der Waals surface area contributed by atoms with Crippen LogP contribution in [0.25, 0.3) is 22.0 Å². The zero-order chi connectivity index (χ0) is 31.5. The van der Waals surface area contributed by atoms with Gasteiger partial charge in [0.2, 0.25) is 5.91 Å². The van der Waals surface area contributed by atoms with E-state index in [-0.39, 0.29) is 5.91 Å². The molecule has 1 amide bonds. The Hall–Kier alpha value is -4.68. The molecule has 12 heteroatoms. The molecular weight excluding hydrogens is 558 g/mol. The highest BCUT2D eigenvalue weighted by molar-refractivity contribution is 5.99. The Labute approximate surface area is 258 Å². The number of aromatic nitrogens is 4. The Kier molecular flexibility index (Phi) is 11.5. The molecule has 1 saturated heterocycles. The van der Waals surface area contributed by atoms with Gasteiger partial charge in [0.05, 0.1) is 24.5 Å². The van der Waals surface area contributed by atoms with Crippen LogP contribution in [0, 0.1) is 0 Å². The van der Waals surface area contributed by atoms with Crippen LogP contribution in [0.2, 0.25) is 0 Å². The van der Waals surface area contributed by atoms with E-state index in [0.29, 0.717) is 18.5 Å². The van der Waals surface area contributed by atoms with Gasteiger partial charge in [-0.2, -0.15) is 5.10 Å². The van der Waals surface area contributed by atoms with Crippen LogP contribution in [0.5, 0.6) is 5.75 Å². The van der Waals surface area contributed by atoms with Crippen molar-refractivity contribution in [2.45, 2.75) is 38.8 Å². The molecule has 12 nitrogen and oxygen atoms in total. The van der Waals surface area contributed by atoms with Gasteiger partial charge in [0.25, 0.3) is 0 Å². The molecule has 1 fully saturated rings. The molecule has 0 saturated carbocycles. The minimum Gasteiger partial charge on any atom is -0.496 e. The van der Waals surface area contributed by atoms with Gasteiger partial charge in [-0.15, -0.1) is 0 Å². The number of aromatic amines is 1. The van der Waals surface area contributed by atoms with Gasteiger partial charge in [0.15, 0.2) is 0 Å². The van der Waals surface area contributed by atoms with Crippen molar-refractivity contribution in [3.8, 4) is 16.9 Å². The number of nitrogens with one attached hydrogen (secondary N) is 1. The van der Waals surface area contributed by atoms with Crippen LogP contribution in [0.3, 0.4) is 0 Å². The Bertz CT molecular complexity index is 1560. The Morgan fingerprint density at radius 2 is 1.91 bits per heavy atom. The van der Waals surface area contributed by atoms with Crippen molar-refractivity contribution in [1.82, 2.24) is 34.6 Å². The second kappa shape index (κ2) is 15.7. The van der Waals surface area contributed by atoms with Gasteiger partial charge in [-0.05, 0) is 50.6 Å². The number of nitrogens with two attached hydrogens (primary N) is 2. The third-order valence-corrected chi connectivity index (χ3v) is 7.69. The third-order valence-electron chi connectivity index (χ3n) is 7.69. The minimum atomic E-state index is 0.190. The summed E-state index contributed by atoms with van der Waals surface area (Å²) in [6.07, 6.45) is 14.9. The zero-order valence-corrected chi connectivity index (χ0v) is 25.8. The van der Waals surface area contributed by atoms with Crippen molar-refractivity contribution in [2.24, 2.45) is 18.6 Å². The molecule has 3 aromatic heterocycles. The van der Waals surface area contributed by atoms with E-state index in [1.54, 1.807) is 31.8 Å². The first-order valence-electron chi connectivity index (χ1n) is 14.7. The van der Waals surface area contributed by atoms with Crippen molar-refractivity contribution in [2.75, 3.05) is 33.8 Å². The summed E-state index contributed by atoms with van der Waals surface area (Å²) in [6, 6.07) is 7.43. The number of amides is 1. The number of pyridine rings is 1. The van der Waals surface area contributed by atoms with Gasteiger partial charge in [0, 0.05) is 105 Å². The van der Waals surface area contributed by atoms with Gasteiger partial charge >= 0.3 is 0 Å². The summed E-state index contributed by atoms with van der Waals surface area (Å²) in [5.41, 5.74) is 11.3. The summed E-state index contributed by atoms with van der Waals surface area (Å²) in [4.78, 5) is 34.3. The largest absolute Gasteiger partial charge is 0.496 e. The molecule has 0 radical (unpaired) electrons. The predicted molar refractivity (Wildman–Crippen MR) is 171 cm³/mol. The number of methoxy groups -OCH3 is 1. The highest BCUT2D eigenvalue weighted by Gasteiger charge is 2.19. The van der Waals surface area contributed by atoms with Gasteiger partial charge in [0.1, 0.15) is 12.0 Å². The van der Waals surface area contributed by atoms with Crippen LogP contribution in [0.15, 0.2) is 61.5 Å². The molecule has 44 heavy (non-hydrogen) atoms. The fourth-order valence-electron chi connectivity index (χ4n) is 5.40. The molecule has 5 N–H and O–H groups in total. The van der Waals surface area contributed by atoms with E-state index >= 15 is 0 Å². The molecular formula is C32H43N9O3. The number of H-pyrrole nitrogens is 1. The zero-order valence-electron chi connectivity index (χ0n) is 25.8. The van der Waals surface area contributed by atoms with Crippen LogP contribution in [-0.2, 0) is 24.9 Å². The number of rotatable bonds is 7. The van der Waals surface area contributed by atoms with Crippen molar-refractivity contribution in [1.29, 1.82) is 0 Å². The summed E-state index contributed by atoms with van der Waals surface area (Å²) < 4.78 is 7.31. The first-order chi connectivity index (χ1) is 21.3. The molecule has 1 aromatic carbocycles. The van der Waals surface area contributed by atoms with E-state index in [4.69, 9.17) is 16.3 Å². The maximum absolute atomic E-state index is 11.7. The van der Waals surface area contributed by atoms with Crippen LogP contribution < -0.4 is 16.3 Å². The number of hydrazine groups is 1. The van der Waals surface area contributed by atoms with Gasteiger partial charge in [-0.25, -0.2) is 5.84 Å². The Morgan fingerprint density at radius 3 is 2.61 bits per heavy atom. The van der Waals surface area contributed by atoms with Crippen LogP contribution in [0.1, 0.15) is 47.3 Å². The molecule has 0 bridgehead atoms. The number of hydrogen-bond donors (Lipinski definition) is 3. The maximum atomic E-state index is 11.7. The number of carbonyl (C=O) groups is 2. The summed E-state index contributed by atoms with van der Waals surface area (Å²) in [5, 5.41) is 6.59. The topological polar surface area (TPSA) is 152 Å². The molecule has 0 unspecified atom stereocenters. The smallest absolute Gasteiger partial charge is 0.224 e. The van der Waals surface area contributed by atoms with E-state index in [1.165, 1.54) is 28.9 Å². The number of likely N-dealkylation sites (tertiary alicyclic amines) is 1. The standard InChI is InChI=1S/C15H12N2O2.C10H20N4O.C7H11N3/c1-19-14-3-4-16-8-13(14)12-7-10(9-18)6-11-2-5-17-15(11)12;11-5-9-14(12)8-4-10(15)13-6-2-1-3-7-13;1-9-4-6-3-8-10(2)7(6)5-9/h2-9,17H,1H3;5,9H,1-4,6-8,11-12H2;3H,4-5H2,1-2H3/b;9-5-;. The van der Waals surface area contributed by atoms with Crippen molar-refractivity contribution in [3.05, 3.63) is 78.3 Å². The number of ether oxygens (including phenoxy) is 1. The lowest BCUT2D eigenvalue weighted by Gasteiger charge is -2.27. The van der Waals surface area contributed by atoms with E-state index in [0.717, 1.165) is 73.1 Å². The number of hydrogen-bond acceptors (Lipinski definition) is 9. The average molecular weight is 602 g/mol. The molecule has 2 aliphatic rings. The summed E-state index contributed by atoms with van der Waals surface area (Å²) in [7, 11) is 5.74. The highest BCUT2D eigenvalue weighted by Crippen LogP contribution is 2.34. The molecule has 4 aromatic rings. The number of benzene rings is 1. The fourth-order valence-corrected chi connectivity index (χ4v) is 5.40. The second-order valence-electron chi connectivity index (χ2n) is 10.9. The first kappa shape index (κ1) is 32.2. The van der Waals surface area contributed by atoms with E-state index in [1.807, 2.05) is 47.2 Å². The monoisotopic (exact) mass is 601 g/mol. The SMILES string of the molecule is CN1Cc2cnn(C)c2C1.COc1ccncc1-c1cc(C=O)cc2cc[nH]c12.N/C=C\N(N)CCC(=O)N1CCCCC1. The number of aldehydes is 1. The lowest BCUT2D eigenvalue weighted by atomic mass is 10.0. The molecule has 2 aliphatic heterocycles. The number of piperidine rings is 1. The summed E-state index contributed by atoms with van der Waals surface area (Å²) in [6.45, 7) is 4.42. The number of nitrogens with zero attached hydrogens (tertiary/aromatic N) is 6. The number of carbonyl (C=O) groups excluding carboxylic acids is 2. The molecule has 0 aliphatic carbocycles. The van der Waals surface area contributed by atoms with Crippen molar-refractivity contribution in [3.63, 3.8) is 0 Å². The predicted octanol–water partition coefficient (Wildman–Crippen LogP) is 3.41. The normalized spacial score (nSPS) is 14.4. The molecule has 0 spiro atoms. The van der Waals surface area contributed by atoms with Crippen molar-refractivity contribution >= 4 is 23.1 Å². The van der Waals surface area contributed by atoms with E-state index < -0.39 is 0 Å². The number of fused-ring (bicyclic) bond motifs is 2. The minimum absolute atomic E-state index is 0.190. The summed E-state index contributed by atoms with van der Waals surface area (Å²) in [5.74, 6) is 6.48. The van der Waals surface area contributed by atoms with E-state index in [2.05, 4.69) is 27.0 Å². The Morgan fingerprint density at radius 1 is 1.11 bits per heavy atom.